The van der Waals surface area contributed by atoms with Gasteiger partial charge in [-0.05, 0) is 49.5 Å². The van der Waals surface area contributed by atoms with Gasteiger partial charge in [0.2, 0.25) is 0 Å². The number of likely N-dealkylation sites (tertiary alicyclic amines) is 1. The Hall–Kier alpha value is -1.62. The lowest BCUT2D eigenvalue weighted by Crippen LogP contribution is -2.33. The van der Waals surface area contributed by atoms with Crippen LogP contribution >= 0.6 is 0 Å². The number of hydrogen-bond acceptors (Lipinski definition) is 4. The third kappa shape index (κ3) is 2.42. The first-order chi connectivity index (χ1) is 11.3. The molecule has 5 rings (SSSR count). The molecular weight excluding hydrogens is 286 g/mol. The highest BCUT2D eigenvalue weighted by Crippen LogP contribution is 2.42. The molecule has 122 valence electrons. The number of nitrogens with one attached hydrogen (secondary N) is 1. The van der Waals surface area contributed by atoms with Crippen LogP contribution in [-0.2, 0) is 0 Å². The topological polar surface area (TPSA) is 48.1 Å². The molecule has 5 heteroatoms. The van der Waals surface area contributed by atoms with Crippen LogP contribution < -0.4 is 4.90 Å². The zero-order valence-corrected chi connectivity index (χ0v) is 13.8. The van der Waals surface area contributed by atoms with Crippen molar-refractivity contribution in [2.45, 2.75) is 31.7 Å². The number of fused-ring (bicyclic) bond motifs is 2. The van der Waals surface area contributed by atoms with Gasteiger partial charge in [-0.2, -0.15) is 0 Å². The van der Waals surface area contributed by atoms with Gasteiger partial charge in [0.25, 0.3) is 0 Å². The van der Waals surface area contributed by atoms with Crippen LogP contribution in [0.25, 0.3) is 11.0 Å². The van der Waals surface area contributed by atoms with Crippen molar-refractivity contribution < 1.29 is 0 Å². The third-order valence-corrected chi connectivity index (χ3v) is 6.23. The van der Waals surface area contributed by atoms with E-state index in [2.05, 4.69) is 37.9 Å². The minimum absolute atomic E-state index is 0.626. The Morgan fingerprint density at radius 3 is 2.74 bits per heavy atom. The molecule has 1 aliphatic heterocycles. The molecule has 1 N–H and O–H groups in total. The molecular formula is C18H25N5. The fourth-order valence-electron chi connectivity index (χ4n) is 4.81. The highest BCUT2D eigenvalue weighted by Gasteiger charge is 2.43. The van der Waals surface area contributed by atoms with Gasteiger partial charge in [0.15, 0.2) is 0 Å². The van der Waals surface area contributed by atoms with Crippen molar-refractivity contribution in [1.29, 1.82) is 0 Å². The predicted molar refractivity (Wildman–Crippen MR) is 91.5 cm³/mol. The molecule has 1 saturated heterocycles. The van der Waals surface area contributed by atoms with E-state index in [1.165, 1.54) is 45.3 Å². The molecule has 2 aromatic heterocycles. The van der Waals surface area contributed by atoms with Crippen molar-refractivity contribution >= 4 is 16.9 Å². The average Bonchev–Trinajstić information content (AvgIpc) is 2.96. The van der Waals surface area contributed by atoms with Crippen LogP contribution in [0.1, 0.15) is 25.7 Å². The fraction of sp³-hybridized carbons (Fsp3) is 0.667. The van der Waals surface area contributed by atoms with Crippen molar-refractivity contribution in [2.75, 3.05) is 31.6 Å². The van der Waals surface area contributed by atoms with E-state index < -0.39 is 0 Å². The Morgan fingerprint density at radius 1 is 1.22 bits per heavy atom. The standard InChI is InChI=1S/C18H25N5/c1-22(18-16-4-5-19-17(16)20-11-21-18)15-6-13-9-23(8-12-2-3-12)10-14(13)7-15/h4-5,11-15H,2-3,6-10H2,1H3,(H,19,20,21)/t13-,14+,15-. The van der Waals surface area contributed by atoms with Crippen molar-refractivity contribution in [3.05, 3.63) is 18.6 Å². The summed E-state index contributed by atoms with van der Waals surface area (Å²) in [5.74, 6) is 3.89. The van der Waals surface area contributed by atoms with E-state index in [0.29, 0.717) is 6.04 Å². The number of nitrogens with zero attached hydrogens (tertiary/aromatic N) is 4. The number of hydrogen-bond donors (Lipinski definition) is 1. The normalized spacial score (nSPS) is 30.9. The van der Waals surface area contributed by atoms with E-state index in [0.717, 1.165) is 34.6 Å². The van der Waals surface area contributed by atoms with E-state index >= 15 is 0 Å². The second kappa shape index (κ2) is 5.20. The van der Waals surface area contributed by atoms with Crippen LogP contribution in [-0.4, -0.2) is 52.6 Å². The van der Waals surface area contributed by atoms with E-state index in [1.807, 2.05) is 6.20 Å². The molecule has 3 fully saturated rings. The molecule has 2 saturated carbocycles. The first-order valence-electron chi connectivity index (χ1n) is 9.01. The number of anilines is 1. The molecule has 0 unspecified atom stereocenters. The molecule has 2 aromatic rings. The lowest BCUT2D eigenvalue weighted by molar-refractivity contribution is 0.294. The Balaban J connectivity index is 1.29. The van der Waals surface area contributed by atoms with Crippen LogP contribution in [0.3, 0.4) is 0 Å². The fourth-order valence-corrected chi connectivity index (χ4v) is 4.81. The smallest absolute Gasteiger partial charge is 0.142 e. The van der Waals surface area contributed by atoms with Gasteiger partial charge >= 0.3 is 0 Å². The van der Waals surface area contributed by atoms with Crippen molar-refractivity contribution in [2.24, 2.45) is 17.8 Å². The average molecular weight is 311 g/mol. The highest BCUT2D eigenvalue weighted by atomic mass is 15.2. The summed E-state index contributed by atoms with van der Waals surface area (Å²) in [4.78, 5) is 17.2. The molecule has 0 aromatic carbocycles. The summed E-state index contributed by atoms with van der Waals surface area (Å²) < 4.78 is 0. The van der Waals surface area contributed by atoms with Crippen LogP contribution in [0.4, 0.5) is 5.82 Å². The molecule has 3 heterocycles. The lowest BCUT2D eigenvalue weighted by atomic mass is 10.0. The zero-order valence-electron chi connectivity index (χ0n) is 13.8. The largest absolute Gasteiger partial charge is 0.356 e. The maximum atomic E-state index is 4.56. The minimum Gasteiger partial charge on any atom is -0.356 e. The summed E-state index contributed by atoms with van der Waals surface area (Å²) in [5, 5.41) is 1.14. The summed E-state index contributed by atoms with van der Waals surface area (Å²) in [7, 11) is 2.21. The number of H-pyrrole nitrogens is 1. The van der Waals surface area contributed by atoms with Crippen molar-refractivity contribution in [1.82, 2.24) is 19.9 Å². The molecule has 5 nitrogen and oxygen atoms in total. The Labute approximate surface area is 137 Å². The molecule has 0 spiro atoms. The van der Waals surface area contributed by atoms with Gasteiger partial charge in [-0.3, -0.25) is 0 Å². The van der Waals surface area contributed by atoms with Gasteiger partial charge in [-0.15, -0.1) is 0 Å². The Kier molecular flexibility index (Phi) is 3.11. The van der Waals surface area contributed by atoms with Gasteiger partial charge in [0.05, 0.1) is 5.39 Å². The van der Waals surface area contributed by atoms with Gasteiger partial charge in [-0.25, -0.2) is 9.97 Å². The van der Waals surface area contributed by atoms with Crippen LogP contribution in [0.5, 0.6) is 0 Å². The Morgan fingerprint density at radius 2 is 2.00 bits per heavy atom. The van der Waals surface area contributed by atoms with Crippen LogP contribution in [0.2, 0.25) is 0 Å². The summed E-state index contributed by atoms with van der Waals surface area (Å²) in [6.07, 6.45) is 9.21. The second-order valence-corrected chi connectivity index (χ2v) is 7.86. The second-order valence-electron chi connectivity index (χ2n) is 7.86. The zero-order chi connectivity index (χ0) is 15.4. The van der Waals surface area contributed by atoms with Gasteiger partial charge in [0.1, 0.15) is 17.8 Å². The number of rotatable bonds is 4. The number of aromatic amines is 1. The monoisotopic (exact) mass is 311 g/mol. The highest BCUT2D eigenvalue weighted by molar-refractivity contribution is 5.87. The molecule has 23 heavy (non-hydrogen) atoms. The van der Waals surface area contributed by atoms with E-state index in [9.17, 15) is 0 Å². The summed E-state index contributed by atoms with van der Waals surface area (Å²) in [5.41, 5.74) is 0.940. The first kappa shape index (κ1) is 13.8. The molecule has 2 aliphatic carbocycles. The minimum atomic E-state index is 0.626. The quantitative estimate of drug-likeness (QED) is 0.942. The molecule has 0 amide bonds. The first-order valence-corrected chi connectivity index (χ1v) is 9.01. The van der Waals surface area contributed by atoms with Gasteiger partial charge < -0.3 is 14.8 Å². The summed E-state index contributed by atoms with van der Waals surface area (Å²) >= 11 is 0. The van der Waals surface area contributed by atoms with Crippen LogP contribution in [0, 0.1) is 17.8 Å². The summed E-state index contributed by atoms with van der Waals surface area (Å²) in [6.45, 7) is 4.02. The maximum absolute atomic E-state index is 4.56. The third-order valence-electron chi connectivity index (χ3n) is 6.23. The summed E-state index contributed by atoms with van der Waals surface area (Å²) in [6, 6.07) is 2.72. The van der Waals surface area contributed by atoms with E-state index in [-0.39, 0.29) is 0 Å². The van der Waals surface area contributed by atoms with E-state index in [1.54, 1.807) is 6.33 Å². The van der Waals surface area contributed by atoms with Gasteiger partial charge in [0, 0.05) is 38.9 Å². The lowest BCUT2D eigenvalue weighted by Gasteiger charge is -2.28. The molecule has 3 atom stereocenters. The maximum Gasteiger partial charge on any atom is 0.142 e. The molecule has 0 radical (unpaired) electrons. The molecule has 0 bridgehead atoms. The van der Waals surface area contributed by atoms with E-state index in [4.69, 9.17) is 0 Å². The van der Waals surface area contributed by atoms with Crippen LogP contribution in [0.15, 0.2) is 18.6 Å². The predicted octanol–water partition coefficient (Wildman–Crippen LogP) is 2.51. The SMILES string of the molecule is CN(c1ncnc2[nH]ccc12)[C@@H]1C[C@@H]2CN(CC3CC3)C[C@@H]2C1. The van der Waals surface area contributed by atoms with Gasteiger partial charge in [-0.1, -0.05) is 0 Å². The number of aromatic nitrogens is 3. The molecule has 3 aliphatic rings. The Bertz CT molecular complexity index is 692. The van der Waals surface area contributed by atoms with Crippen molar-refractivity contribution in [3.8, 4) is 0 Å². The van der Waals surface area contributed by atoms with Crippen molar-refractivity contribution in [3.63, 3.8) is 0 Å².